The number of benzene rings is 2. The van der Waals surface area contributed by atoms with Gasteiger partial charge in [0.2, 0.25) is 0 Å². The maximum atomic E-state index is 12.7. The minimum Gasteiger partial charge on any atom is -0.491 e. The third-order valence-corrected chi connectivity index (χ3v) is 4.54. The lowest BCUT2D eigenvalue weighted by atomic mass is 10.1. The molecule has 0 spiro atoms. The van der Waals surface area contributed by atoms with E-state index in [0.717, 1.165) is 12.1 Å². The molecule has 7 heteroatoms. The average Bonchev–Trinajstić information content (AvgIpc) is 2.64. The Balaban J connectivity index is 2.04. The Morgan fingerprint density at radius 2 is 1.59 bits per heavy atom. The predicted octanol–water partition coefficient (Wildman–Crippen LogP) is 5.46. The van der Waals surface area contributed by atoms with Gasteiger partial charge in [0.05, 0.1) is 11.1 Å². The SMILES string of the molecule is CC(C)N(CCOc1ccccc1C(=O)Nc1ccc(C(F)(F)F)cc1)C(C)C. The van der Waals surface area contributed by atoms with E-state index < -0.39 is 17.6 Å². The quantitative estimate of drug-likeness (QED) is 0.631. The van der Waals surface area contributed by atoms with Gasteiger partial charge in [0.15, 0.2) is 0 Å². The van der Waals surface area contributed by atoms with Crippen LogP contribution in [0.15, 0.2) is 48.5 Å². The topological polar surface area (TPSA) is 41.6 Å². The second-order valence-electron chi connectivity index (χ2n) is 7.30. The molecule has 0 heterocycles. The third kappa shape index (κ3) is 6.49. The standard InChI is InChI=1S/C22H27F3N2O2/c1-15(2)27(16(3)4)13-14-29-20-8-6-5-7-19(20)21(28)26-18-11-9-17(10-12-18)22(23,24)25/h5-12,15-16H,13-14H2,1-4H3,(H,26,28). The number of para-hydroxylation sites is 1. The van der Waals surface area contributed by atoms with Gasteiger partial charge in [-0.25, -0.2) is 0 Å². The molecule has 0 aromatic heterocycles. The van der Waals surface area contributed by atoms with Crippen LogP contribution in [0.25, 0.3) is 0 Å². The molecule has 2 rings (SSSR count). The fraction of sp³-hybridized carbons (Fsp3) is 0.409. The van der Waals surface area contributed by atoms with Crippen LogP contribution in [0.2, 0.25) is 0 Å². The number of nitrogens with one attached hydrogen (secondary N) is 1. The van der Waals surface area contributed by atoms with Gasteiger partial charge in [-0.3, -0.25) is 9.69 Å². The van der Waals surface area contributed by atoms with Crippen molar-refractivity contribution in [2.45, 2.75) is 46.0 Å². The predicted molar refractivity (Wildman–Crippen MR) is 108 cm³/mol. The highest BCUT2D eigenvalue weighted by Gasteiger charge is 2.30. The smallest absolute Gasteiger partial charge is 0.416 e. The summed E-state index contributed by atoms with van der Waals surface area (Å²) in [4.78, 5) is 14.9. The highest BCUT2D eigenvalue weighted by atomic mass is 19.4. The van der Waals surface area contributed by atoms with Crippen molar-refractivity contribution in [3.05, 3.63) is 59.7 Å². The highest BCUT2D eigenvalue weighted by molar-refractivity contribution is 6.06. The van der Waals surface area contributed by atoms with Crippen molar-refractivity contribution in [3.8, 4) is 5.75 Å². The van der Waals surface area contributed by atoms with Crippen molar-refractivity contribution in [1.29, 1.82) is 0 Å². The van der Waals surface area contributed by atoms with E-state index in [1.807, 2.05) is 0 Å². The molecule has 158 valence electrons. The molecule has 4 nitrogen and oxygen atoms in total. The fourth-order valence-electron chi connectivity index (χ4n) is 3.09. The van der Waals surface area contributed by atoms with Crippen molar-refractivity contribution in [2.75, 3.05) is 18.5 Å². The first-order chi connectivity index (χ1) is 13.6. The minimum atomic E-state index is -4.41. The number of alkyl halides is 3. The first-order valence-electron chi connectivity index (χ1n) is 9.55. The lowest BCUT2D eigenvalue weighted by Crippen LogP contribution is -2.39. The molecule has 1 amide bonds. The van der Waals surface area contributed by atoms with Gasteiger partial charge in [-0.1, -0.05) is 12.1 Å². The Hall–Kier alpha value is -2.54. The highest BCUT2D eigenvalue weighted by Crippen LogP contribution is 2.30. The zero-order valence-corrected chi connectivity index (χ0v) is 17.1. The van der Waals surface area contributed by atoms with Crippen molar-refractivity contribution >= 4 is 11.6 Å². The Morgan fingerprint density at radius 3 is 2.14 bits per heavy atom. The van der Waals surface area contributed by atoms with E-state index in [0.29, 0.717) is 36.5 Å². The molecule has 2 aromatic rings. The molecule has 0 saturated heterocycles. The van der Waals surface area contributed by atoms with Crippen molar-refractivity contribution in [3.63, 3.8) is 0 Å². The van der Waals surface area contributed by atoms with Gasteiger partial charge < -0.3 is 10.1 Å². The van der Waals surface area contributed by atoms with E-state index in [1.54, 1.807) is 24.3 Å². The lowest BCUT2D eigenvalue weighted by Gasteiger charge is -2.30. The summed E-state index contributed by atoms with van der Waals surface area (Å²) in [6.07, 6.45) is -4.41. The van der Waals surface area contributed by atoms with E-state index in [4.69, 9.17) is 4.74 Å². The summed E-state index contributed by atoms with van der Waals surface area (Å²) in [5.41, 5.74) is -0.157. The van der Waals surface area contributed by atoms with Crippen LogP contribution in [-0.4, -0.2) is 36.0 Å². The maximum absolute atomic E-state index is 12.7. The van der Waals surface area contributed by atoms with Crippen LogP contribution in [0.4, 0.5) is 18.9 Å². The third-order valence-electron chi connectivity index (χ3n) is 4.54. The van der Waals surface area contributed by atoms with Crippen LogP contribution >= 0.6 is 0 Å². The van der Waals surface area contributed by atoms with Crippen LogP contribution < -0.4 is 10.1 Å². The van der Waals surface area contributed by atoms with Crippen LogP contribution in [-0.2, 0) is 6.18 Å². The summed E-state index contributed by atoms with van der Waals surface area (Å²) in [7, 11) is 0. The van der Waals surface area contributed by atoms with Crippen molar-refractivity contribution in [1.82, 2.24) is 4.90 Å². The second kappa shape index (κ2) is 9.78. The Morgan fingerprint density at radius 1 is 1.00 bits per heavy atom. The van der Waals surface area contributed by atoms with Gasteiger partial charge in [0.25, 0.3) is 5.91 Å². The molecule has 1 N–H and O–H groups in total. The molecule has 0 unspecified atom stereocenters. The van der Waals surface area contributed by atoms with E-state index in [1.165, 1.54) is 12.1 Å². The maximum Gasteiger partial charge on any atom is 0.416 e. The van der Waals surface area contributed by atoms with Crippen LogP contribution in [0.3, 0.4) is 0 Å². The Labute approximate surface area is 169 Å². The molecule has 0 radical (unpaired) electrons. The van der Waals surface area contributed by atoms with Crippen molar-refractivity contribution in [2.24, 2.45) is 0 Å². The molecule has 0 bridgehead atoms. The first-order valence-corrected chi connectivity index (χ1v) is 9.55. The number of amides is 1. The van der Waals surface area contributed by atoms with E-state index in [2.05, 4.69) is 37.9 Å². The molecule has 29 heavy (non-hydrogen) atoms. The number of ether oxygens (including phenoxy) is 1. The molecule has 0 aliphatic carbocycles. The first kappa shape index (κ1) is 22.7. The monoisotopic (exact) mass is 408 g/mol. The van der Waals surface area contributed by atoms with Gasteiger partial charge in [-0.2, -0.15) is 13.2 Å². The molecule has 0 fully saturated rings. The molecule has 2 aromatic carbocycles. The van der Waals surface area contributed by atoms with Gasteiger partial charge >= 0.3 is 6.18 Å². The summed E-state index contributed by atoms with van der Waals surface area (Å²) < 4.78 is 43.8. The Kier molecular flexibility index (Phi) is 7.67. The van der Waals surface area contributed by atoms with E-state index in [9.17, 15) is 18.0 Å². The molecule has 0 aliphatic rings. The van der Waals surface area contributed by atoms with Gasteiger partial charge in [-0.15, -0.1) is 0 Å². The number of rotatable bonds is 8. The normalized spacial score (nSPS) is 11.9. The number of hydrogen-bond donors (Lipinski definition) is 1. The lowest BCUT2D eigenvalue weighted by molar-refractivity contribution is -0.137. The molecule has 0 saturated carbocycles. The molecular formula is C22H27F3N2O2. The zero-order valence-electron chi connectivity index (χ0n) is 17.1. The summed E-state index contributed by atoms with van der Waals surface area (Å²) in [6, 6.07) is 11.9. The summed E-state index contributed by atoms with van der Waals surface area (Å²) in [5.74, 6) is -0.00527. The van der Waals surface area contributed by atoms with Crippen LogP contribution in [0.1, 0.15) is 43.6 Å². The largest absolute Gasteiger partial charge is 0.491 e. The molecule has 0 atom stereocenters. The summed E-state index contributed by atoms with van der Waals surface area (Å²) in [5, 5.41) is 2.62. The van der Waals surface area contributed by atoms with E-state index in [-0.39, 0.29) is 5.69 Å². The molecular weight excluding hydrogens is 381 g/mol. The molecule has 0 aliphatic heterocycles. The van der Waals surface area contributed by atoms with E-state index >= 15 is 0 Å². The second-order valence-corrected chi connectivity index (χ2v) is 7.30. The van der Waals surface area contributed by atoms with Gasteiger partial charge in [-0.05, 0) is 64.1 Å². The fourth-order valence-corrected chi connectivity index (χ4v) is 3.09. The number of halogens is 3. The summed E-state index contributed by atoms with van der Waals surface area (Å²) in [6.45, 7) is 9.60. The number of nitrogens with zero attached hydrogens (tertiary/aromatic N) is 1. The van der Waals surface area contributed by atoms with Gasteiger partial charge in [0.1, 0.15) is 12.4 Å². The number of anilines is 1. The van der Waals surface area contributed by atoms with Crippen LogP contribution in [0.5, 0.6) is 5.75 Å². The number of hydrogen-bond acceptors (Lipinski definition) is 3. The van der Waals surface area contributed by atoms with Gasteiger partial charge in [0, 0.05) is 24.3 Å². The Bertz CT molecular complexity index is 794. The zero-order chi connectivity index (χ0) is 21.6. The average molecular weight is 408 g/mol. The summed E-state index contributed by atoms with van der Waals surface area (Å²) >= 11 is 0. The van der Waals surface area contributed by atoms with Crippen molar-refractivity contribution < 1.29 is 22.7 Å². The minimum absolute atomic E-state index is 0.281. The number of carbonyl (C=O) groups is 1. The number of carbonyl (C=O) groups excluding carboxylic acids is 1. The van der Waals surface area contributed by atoms with Crippen LogP contribution in [0, 0.1) is 0 Å².